The molecular weight excluding hydrogens is 467 g/mol. The van der Waals surface area contributed by atoms with Crippen LogP contribution in [0.3, 0.4) is 0 Å². The Balaban J connectivity index is 1.83. The highest BCUT2D eigenvalue weighted by Gasteiger charge is 2.57. The molecule has 0 aliphatic carbocycles. The number of fused-ring (bicyclic) bond motifs is 1. The largest absolute Gasteiger partial charge is 0.435 e. The van der Waals surface area contributed by atoms with Crippen molar-refractivity contribution in [3.8, 4) is 11.1 Å². The van der Waals surface area contributed by atoms with E-state index in [2.05, 4.69) is 25.8 Å². The maximum atomic E-state index is 14.2. The Morgan fingerprint density at radius 2 is 1.92 bits per heavy atom. The molecule has 2 aromatic rings. The van der Waals surface area contributed by atoms with Gasteiger partial charge < -0.3 is 10.6 Å². The number of nitrogens with zero attached hydrogens (tertiary/aromatic N) is 3. The molecule has 0 saturated heterocycles. The summed E-state index contributed by atoms with van der Waals surface area (Å²) in [6.07, 6.45) is -3.31. The molecule has 9 heteroatoms. The van der Waals surface area contributed by atoms with Crippen LogP contribution in [0.2, 0.25) is 0 Å². The van der Waals surface area contributed by atoms with Gasteiger partial charge in [0, 0.05) is 35.1 Å². The molecule has 4 heterocycles. The third-order valence-corrected chi connectivity index (χ3v) is 7.52. The molecule has 188 valence electrons. The lowest BCUT2D eigenvalue weighted by Crippen LogP contribution is -2.58. The lowest BCUT2D eigenvalue weighted by molar-refractivity contribution is -0.120. The van der Waals surface area contributed by atoms with E-state index in [0.29, 0.717) is 23.3 Å². The number of pyridine rings is 1. The summed E-state index contributed by atoms with van der Waals surface area (Å²) in [6, 6.07) is 9.35. The van der Waals surface area contributed by atoms with E-state index in [4.69, 9.17) is 0 Å². The van der Waals surface area contributed by atoms with E-state index in [9.17, 15) is 18.0 Å². The molecule has 3 aliphatic heterocycles. The van der Waals surface area contributed by atoms with Crippen LogP contribution >= 0.6 is 0 Å². The smallest absolute Gasteiger partial charge is 0.362 e. The summed E-state index contributed by atoms with van der Waals surface area (Å²) in [5, 5.41) is 13.7. The van der Waals surface area contributed by atoms with Crippen LogP contribution in [0.5, 0.6) is 0 Å². The van der Waals surface area contributed by atoms with Gasteiger partial charge in [0.2, 0.25) is 0 Å². The molecule has 1 amide bonds. The molecule has 2 atom stereocenters. The van der Waals surface area contributed by atoms with Crippen molar-refractivity contribution in [2.45, 2.75) is 70.8 Å². The van der Waals surface area contributed by atoms with Crippen molar-refractivity contribution in [2.24, 2.45) is 10.2 Å². The second kappa shape index (κ2) is 8.01. The number of halogens is 3. The normalized spacial score (nSPS) is 24.9. The molecule has 36 heavy (non-hydrogen) atoms. The molecule has 0 bridgehead atoms. The summed E-state index contributed by atoms with van der Waals surface area (Å²) in [4.78, 5) is 17.9. The van der Waals surface area contributed by atoms with Gasteiger partial charge in [-0.2, -0.15) is 18.3 Å². The number of carbonyl (C=O) groups is 1. The molecule has 5 rings (SSSR count). The fraction of sp³-hybridized carbons (Fsp3) is 0.407. The predicted molar refractivity (Wildman–Crippen MR) is 130 cm³/mol. The lowest BCUT2D eigenvalue weighted by Gasteiger charge is -2.48. The molecule has 6 nitrogen and oxygen atoms in total. The summed E-state index contributed by atoms with van der Waals surface area (Å²) in [7, 11) is 0. The Bertz CT molecular complexity index is 1370. The second-order valence-corrected chi connectivity index (χ2v) is 10.3. The Kier molecular flexibility index (Phi) is 5.39. The predicted octanol–water partition coefficient (Wildman–Crippen LogP) is 5.78. The number of aromatic nitrogens is 1. The molecule has 0 saturated carbocycles. The highest BCUT2D eigenvalue weighted by Crippen LogP contribution is 2.55. The number of hydrogen-bond donors (Lipinski definition) is 2. The first kappa shape index (κ1) is 24.2. The van der Waals surface area contributed by atoms with Crippen LogP contribution in [0.25, 0.3) is 11.1 Å². The number of benzene rings is 1. The minimum absolute atomic E-state index is 0.0223. The number of azo groups is 1. The zero-order chi connectivity index (χ0) is 26.0. The van der Waals surface area contributed by atoms with Gasteiger partial charge in [0.15, 0.2) is 11.9 Å². The number of allylic oxidation sites excluding steroid dienone is 1. The van der Waals surface area contributed by atoms with Crippen LogP contribution < -0.4 is 10.6 Å². The maximum absolute atomic E-state index is 14.2. The second-order valence-electron chi connectivity index (χ2n) is 10.3. The van der Waals surface area contributed by atoms with Crippen molar-refractivity contribution >= 4 is 5.91 Å². The van der Waals surface area contributed by atoms with E-state index in [1.807, 2.05) is 58.9 Å². The Morgan fingerprint density at radius 3 is 2.61 bits per heavy atom. The SMILES string of the molecule is CC[C@@]1(c2cccc(-c3ccnc(C)c3C)c2)C2=C(CC(C)(C)NC2=O)NC2N=NC(C(F)(F)F)=C21. The molecule has 1 unspecified atom stereocenters. The monoisotopic (exact) mass is 495 g/mol. The molecule has 1 aromatic carbocycles. The van der Waals surface area contributed by atoms with Gasteiger partial charge >= 0.3 is 6.18 Å². The number of carbonyl (C=O) groups excluding carboxylic acids is 1. The third kappa shape index (κ3) is 3.55. The fourth-order valence-electron chi connectivity index (χ4n) is 5.83. The standard InChI is InChI=1S/C27H28F3N5O/c1-6-26(17-9-7-8-16(12-17)18-10-11-31-15(3)14(18)2)20-19(13-25(4,5)33-24(20)36)32-23-21(26)22(34-35-23)27(28,29)30/h7-12,23,32H,6,13H2,1-5H3,(H,33,36)/t23?,26-/m1/s1. The van der Waals surface area contributed by atoms with Gasteiger partial charge in [-0.3, -0.25) is 9.78 Å². The van der Waals surface area contributed by atoms with E-state index in [1.54, 1.807) is 12.3 Å². The van der Waals surface area contributed by atoms with Crippen LogP contribution in [-0.4, -0.2) is 28.8 Å². The van der Waals surface area contributed by atoms with Gasteiger partial charge in [0.05, 0.1) is 11.0 Å². The van der Waals surface area contributed by atoms with Crippen molar-refractivity contribution < 1.29 is 18.0 Å². The molecule has 0 radical (unpaired) electrons. The average Bonchev–Trinajstić information content (AvgIpc) is 3.23. The highest BCUT2D eigenvalue weighted by molar-refractivity contribution is 6.00. The Morgan fingerprint density at radius 1 is 1.17 bits per heavy atom. The molecule has 1 aromatic heterocycles. The zero-order valence-electron chi connectivity index (χ0n) is 20.8. The fourth-order valence-corrected chi connectivity index (χ4v) is 5.83. The maximum Gasteiger partial charge on any atom is 0.435 e. The van der Waals surface area contributed by atoms with Gasteiger partial charge in [-0.25, -0.2) is 0 Å². The topological polar surface area (TPSA) is 78.7 Å². The Labute approximate surface area is 207 Å². The van der Waals surface area contributed by atoms with Gasteiger partial charge in [-0.05, 0) is 68.5 Å². The van der Waals surface area contributed by atoms with Crippen molar-refractivity contribution in [2.75, 3.05) is 0 Å². The first-order valence-electron chi connectivity index (χ1n) is 12.0. The van der Waals surface area contributed by atoms with Crippen LogP contribution in [0.15, 0.2) is 69.3 Å². The van der Waals surface area contributed by atoms with Gasteiger partial charge in [-0.15, -0.1) is 5.11 Å². The van der Waals surface area contributed by atoms with Crippen LogP contribution in [0.4, 0.5) is 13.2 Å². The summed E-state index contributed by atoms with van der Waals surface area (Å²) < 4.78 is 42.7. The number of hydrogen-bond acceptors (Lipinski definition) is 5. The van der Waals surface area contributed by atoms with E-state index in [0.717, 1.165) is 22.4 Å². The number of aryl methyl sites for hydroxylation is 1. The average molecular weight is 496 g/mol. The molecule has 0 fully saturated rings. The van der Waals surface area contributed by atoms with Crippen LogP contribution in [0.1, 0.15) is 50.4 Å². The summed E-state index contributed by atoms with van der Waals surface area (Å²) in [6.45, 7) is 9.48. The summed E-state index contributed by atoms with van der Waals surface area (Å²) in [5.41, 5.74) is 2.21. The molecule has 0 spiro atoms. The van der Waals surface area contributed by atoms with Gasteiger partial charge in [0.25, 0.3) is 5.91 Å². The first-order chi connectivity index (χ1) is 16.9. The molecule has 2 N–H and O–H groups in total. The first-order valence-corrected chi connectivity index (χ1v) is 12.0. The lowest BCUT2D eigenvalue weighted by atomic mass is 9.61. The van der Waals surface area contributed by atoms with Crippen molar-refractivity contribution in [1.82, 2.24) is 15.6 Å². The zero-order valence-corrected chi connectivity index (χ0v) is 20.8. The highest BCUT2D eigenvalue weighted by atomic mass is 19.4. The number of nitrogens with one attached hydrogen (secondary N) is 2. The number of rotatable bonds is 3. The van der Waals surface area contributed by atoms with Crippen LogP contribution in [0, 0.1) is 13.8 Å². The van der Waals surface area contributed by atoms with Gasteiger partial charge in [0.1, 0.15) is 0 Å². The molecular formula is C27H28F3N5O. The number of amides is 1. The van der Waals surface area contributed by atoms with E-state index in [-0.39, 0.29) is 17.9 Å². The van der Waals surface area contributed by atoms with Crippen molar-refractivity contribution in [3.63, 3.8) is 0 Å². The van der Waals surface area contributed by atoms with Crippen LogP contribution in [-0.2, 0) is 10.2 Å². The quantitative estimate of drug-likeness (QED) is 0.567. The Hall–Kier alpha value is -3.49. The minimum atomic E-state index is -4.71. The van der Waals surface area contributed by atoms with E-state index in [1.165, 1.54) is 0 Å². The number of alkyl halides is 3. The summed E-state index contributed by atoms with van der Waals surface area (Å²) in [5.74, 6) is -0.378. The molecule has 3 aliphatic rings. The van der Waals surface area contributed by atoms with E-state index < -0.39 is 29.0 Å². The summed E-state index contributed by atoms with van der Waals surface area (Å²) >= 11 is 0. The van der Waals surface area contributed by atoms with Gasteiger partial charge in [-0.1, -0.05) is 25.1 Å². The van der Waals surface area contributed by atoms with E-state index >= 15 is 0 Å². The minimum Gasteiger partial charge on any atom is -0.362 e. The van der Waals surface area contributed by atoms with Crippen molar-refractivity contribution in [1.29, 1.82) is 0 Å². The third-order valence-electron chi connectivity index (χ3n) is 7.52. The van der Waals surface area contributed by atoms with Crippen molar-refractivity contribution in [3.05, 3.63) is 75.9 Å².